The first-order valence-electron chi connectivity index (χ1n) is 12.2. The van der Waals surface area contributed by atoms with Gasteiger partial charge in [-0.15, -0.1) is 0 Å². The third-order valence-electron chi connectivity index (χ3n) is 6.34. The summed E-state index contributed by atoms with van der Waals surface area (Å²) in [6, 6.07) is 14.4. The number of ether oxygens (including phenoxy) is 3. The van der Waals surface area contributed by atoms with Gasteiger partial charge in [-0.3, -0.25) is 10.2 Å². The number of rotatable bonds is 6. The van der Waals surface area contributed by atoms with Crippen LogP contribution in [0.15, 0.2) is 42.5 Å². The van der Waals surface area contributed by atoms with Gasteiger partial charge in [0, 0.05) is 44.1 Å². The van der Waals surface area contributed by atoms with Crippen LogP contribution in [-0.2, 0) is 15.9 Å². The second-order valence-corrected chi connectivity index (χ2v) is 9.97. The lowest BCUT2D eigenvalue weighted by Crippen LogP contribution is -2.46. The number of methoxy groups -OCH3 is 1. The molecule has 0 unspecified atom stereocenters. The van der Waals surface area contributed by atoms with Crippen LogP contribution in [0.4, 0.5) is 16.2 Å². The summed E-state index contributed by atoms with van der Waals surface area (Å²) >= 11 is 0. The number of hydrogen-bond donors (Lipinski definition) is 1. The van der Waals surface area contributed by atoms with Crippen LogP contribution in [-0.4, -0.2) is 63.0 Å². The lowest BCUT2D eigenvalue weighted by molar-refractivity contribution is 0.0289. The minimum absolute atomic E-state index is 0.0962. The molecule has 0 aromatic heterocycles. The smallest absolute Gasteiger partial charge is 0.412 e. The van der Waals surface area contributed by atoms with E-state index in [2.05, 4.69) is 39.4 Å². The highest BCUT2D eigenvalue weighted by molar-refractivity contribution is 5.85. The van der Waals surface area contributed by atoms with E-state index in [1.54, 1.807) is 7.11 Å². The molecule has 2 aromatic carbocycles. The van der Waals surface area contributed by atoms with Gasteiger partial charge in [0.25, 0.3) is 0 Å². The highest BCUT2D eigenvalue weighted by atomic mass is 16.6. The number of nitrogens with one attached hydrogen (secondary N) is 1. The Morgan fingerprint density at radius 3 is 2.50 bits per heavy atom. The minimum Gasteiger partial charge on any atom is -0.497 e. The van der Waals surface area contributed by atoms with Crippen molar-refractivity contribution in [1.29, 1.82) is 0 Å². The molecule has 34 heavy (non-hydrogen) atoms. The zero-order chi connectivity index (χ0) is 24.1. The Labute approximate surface area is 203 Å². The molecule has 1 saturated heterocycles. The SMILES string of the molecule is COc1ccc(N2CCN(CC[C@@H]3OCCc4cc(NC(=O)OC(C)(C)C)ccc43)CC2)cc1. The molecule has 184 valence electrons. The molecule has 0 spiro atoms. The molecular weight excluding hydrogens is 430 g/mol. The number of fused-ring (bicyclic) bond motifs is 1. The van der Waals surface area contributed by atoms with Crippen LogP contribution in [0.25, 0.3) is 0 Å². The van der Waals surface area contributed by atoms with Crippen molar-refractivity contribution in [3.05, 3.63) is 53.6 Å². The molecule has 0 bridgehead atoms. The minimum atomic E-state index is -0.517. The van der Waals surface area contributed by atoms with Gasteiger partial charge in [0.15, 0.2) is 0 Å². The highest BCUT2D eigenvalue weighted by Gasteiger charge is 2.24. The van der Waals surface area contributed by atoms with Crippen molar-refractivity contribution in [2.24, 2.45) is 0 Å². The zero-order valence-corrected chi connectivity index (χ0v) is 20.8. The fourth-order valence-corrected chi connectivity index (χ4v) is 4.60. The molecule has 0 radical (unpaired) electrons. The van der Waals surface area contributed by atoms with Gasteiger partial charge in [-0.25, -0.2) is 4.79 Å². The summed E-state index contributed by atoms with van der Waals surface area (Å²) in [5, 5.41) is 2.85. The van der Waals surface area contributed by atoms with Gasteiger partial charge in [-0.1, -0.05) is 6.07 Å². The van der Waals surface area contributed by atoms with Crippen molar-refractivity contribution in [2.75, 3.05) is 56.7 Å². The maximum absolute atomic E-state index is 12.1. The third-order valence-corrected chi connectivity index (χ3v) is 6.34. The molecule has 7 nitrogen and oxygen atoms in total. The lowest BCUT2D eigenvalue weighted by Gasteiger charge is -2.37. The summed E-state index contributed by atoms with van der Waals surface area (Å²) in [6.45, 7) is 11.4. The Hall–Kier alpha value is -2.77. The Morgan fingerprint density at radius 1 is 1.09 bits per heavy atom. The number of hydrogen-bond acceptors (Lipinski definition) is 6. The molecule has 0 aliphatic carbocycles. The third kappa shape index (κ3) is 6.42. The van der Waals surface area contributed by atoms with Gasteiger partial charge < -0.3 is 19.1 Å². The number of amides is 1. The van der Waals surface area contributed by atoms with E-state index in [0.29, 0.717) is 6.61 Å². The van der Waals surface area contributed by atoms with Crippen LogP contribution in [0.1, 0.15) is 44.4 Å². The Balaban J connectivity index is 1.28. The van der Waals surface area contributed by atoms with Crippen molar-refractivity contribution in [2.45, 2.75) is 45.3 Å². The number of anilines is 2. The van der Waals surface area contributed by atoms with E-state index in [4.69, 9.17) is 14.2 Å². The first kappa shape index (κ1) is 24.4. The average Bonchev–Trinajstić information content (AvgIpc) is 2.81. The molecule has 2 aromatic rings. The zero-order valence-electron chi connectivity index (χ0n) is 20.8. The maximum atomic E-state index is 12.1. The summed E-state index contributed by atoms with van der Waals surface area (Å²) in [4.78, 5) is 17.1. The van der Waals surface area contributed by atoms with Gasteiger partial charge >= 0.3 is 6.09 Å². The molecule has 2 heterocycles. The van der Waals surface area contributed by atoms with Crippen LogP contribution in [0, 0.1) is 0 Å². The van der Waals surface area contributed by atoms with Gasteiger partial charge in [0.05, 0.1) is 19.8 Å². The summed E-state index contributed by atoms with van der Waals surface area (Å²) in [7, 11) is 1.70. The standard InChI is InChI=1S/C27H37N3O4/c1-27(2,3)34-26(31)28-21-5-10-24-20(19-21)12-18-33-25(24)11-13-29-14-16-30(17-15-29)22-6-8-23(32-4)9-7-22/h5-10,19,25H,11-18H2,1-4H3,(H,28,31)/t25-/m0/s1. The molecule has 1 amide bonds. The number of carbonyl (C=O) groups excluding carboxylic acids is 1. The predicted molar refractivity (Wildman–Crippen MR) is 135 cm³/mol. The largest absolute Gasteiger partial charge is 0.497 e. The van der Waals surface area contributed by atoms with Crippen molar-refractivity contribution in [1.82, 2.24) is 4.90 Å². The number of nitrogens with zero attached hydrogens (tertiary/aromatic N) is 2. The van der Waals surface area contributed by atoms with Crippen LogP contribution < -0.4 is 15.0 Å². The Morgan fingerprint density at radius 2 is 1.82 bits per heavy atom. The van der Waals surface area contributed by atoms with Gasteiger partial charge in [0.1, 0.15) is 11.4 Å². The fourth-order valence-electron chi connectivity index (χ4n) is 4.60. The Bertz CT molecular complexity index is 963. The average molecular weight is 468 g/mol. The van der Waals surface area contributed by atoms with E-state index in [9.17, 15) is 4.79 Å². The first-order valence-corrected chi connectivity index (χ1v) is 12.2. The number of carbonyl (C=O) groups is 1. The molecule has 0 saturated carbocycles. The van der Waals surface area contributed by atoms with E-state index < -0.39 is 11.7 Å². The second kappa shape index (κ2) is 10.7. The summed E-state index contributed by atoms with van der Waals surface area (Å²) in [5.74, 6) is 0.892. The van der Waals surface area contributed by atoms with Crippen molar-refractivity contribution in [3.8, 4) is 5.75 Å². The first-order chi connectivity index (χ1) is 16.3. The van der Waals surface area contributed by atoms with Crippen molar-refractivity contribution >= 4 is 17.5 Å². The van der Waals surface area contributed by atoms with E-state index in [1.165, 1.54) is 16.8 Å². The van der Waals surface area contributed by atoms with Crippen LogP contribution in [0.5, 0.6) is 5.75 Å². The summed E-state index contributed by atoms with van der Waals surface area (Å²) in [5.41, 5.74) is 3.98. The second-order valence-electron chi connectivity index (χ2n) is 9.97. The van der Waals surface area contributed by atoms with Crippen molar-refractivity contribution in [3.63, 3.8) is 0 Å². The summed E-state index contributed by atoms with van der Waals surface area (Å²) < 4.78 is 16.8. The molecule has 1 N–H and O–H groups in total. The molecule has 2 aliphatic heterocycles. The monoisotopic (exact) mass is 467 g/mol. The van der Waals surface area contributed by atoms with Crippen LogP contribution >= 0.6 is 0 Å². The van der Waals surface area contributed by atoms with Gasteiger partial charge in [0.2, 0.25) is 0 Å². The van der Waals surface area contributed by atoms with Gasteiger partial charge in [-0.05, 0) is 81.1 Å². The summed E-state index contributed by atoms with van der Waals surface area (Å²) in [6.07, 6.45) is 1.49. The topological polar surface area (TPSA) is 63.3 Å². The van der Waals surface area contributed by atoms with Crippen LogP contribution in [0.3, 0.4) is 0 Å². The van der Waals surface area contributed by atoms with E-state index in [1.807, 2.05) is 39.0 Å². The number of piperazine rings is 1. The predicted octanol–water partition coefficient (Wildman–Crippen LogP) is 4.87. The molecule has 1 fully saturated rings. The number of benzene rings is 2. The highest BCUT2D eigenvalue weighted by Crippen LogP contribution is 2.32. The van der Waals surface area contributed by atoms with E-state index in [-0.39, 0.29) is 6.10 Å². The molecule has 4 rings (SSSR count). The van der Waals surface area contributed by atoms with Gasteiger partial charge in [-0.2, -0.15) is 0 Å². The normalized spacial score (nSPS) is 18.8. The molecule has 2 aliphatic rings. The maximum Gasteiger partial charge on any atom is 0.412 e. The molecule has 1 atom stereocenters. The van der Waals surface area contributed by atoms with E-state index in [0.717, 1.165) is 57.0 Å². The Kier molecular flexibility index (Phi) is 7.63. The molecular formula is C27H37N3O4. The van der Waals surface area contributed by atoms with E-state index >= 15 is 0 Å². The lowest BCUT2D eigenvalue weighted by atomic mass is 9.95. The van der Waals surface area contributed by atoms with Crippen LogP contribution in [0.2, 0.25) is 0 Å². The molecule has 7 heteroatoms. The fraction of sp³-hybridized carbons (Fsp3) is 0.519. The van der Waals surface area contributed by atoms with Crippen molar-refractivity contribution < 1.29 is 19.0 Å². The quantitative estimate of drug-likeness (QED) is 0.654.